The highest BCUT2D eigenvalue weighted by Gasteiger charge is 2.21. The Morgan fingerprint density at radius 2 is 2.23 bits per heavy atom. The van der Waals surface area contributed by atoms with E-state index in [0.29, 0.717) is 20.8 Å². The van der Waals surface area contributed by atoms with Gasteiger partial charge in [0.15, 0.2) is 0 Å². The minimum atomic E-state index is -0.165. The minimum Gasteiger partial charge on any atom is -0.480 e. The maximum Gasteiger partial charge on any atom is 0.263 e. The number of nitrogens with zero attached hydrogens (tertiary/aromatic N) is 2. The smallest absolute Gasteiger partial charge is 0.263 e. The first kappa shape index (κ1) is 14.7. The summed E-state index contributed by atoms with van der Waals surface area (Å²) in [5.74, 6) is 0.291. The molecule has 0 bridgehead atoms. The van der Waals surface area contributed by atoms with Gasteiger partial charge in [0.1, 0.15) is 4.32 Å². The average Bonchev–Trinajstić information content (AvgIpc) is 2.85. The van der Waals surface area contributed by atoms with Gasteiger partial charge < -0.3 is 10.1 Å². The molecule has 2 aromatic rings. The van der Waals surface area contributed by atoms with E-state index < -0.39 is 0 Å². The first-order valence-electron chi connectivity index (χ1n) is 6.37. The van der Waals surface area contributed by atoms with Crippen molar-refractivity contribution in [3.63, 3.8) is 0 Å². The van der Waals surface area contributed by atoms with Crippen molar-refractivity contribution in [2.24, 2.45) is 0 Å². The highest BCUT2D eigenvalue weighted by Crippen LogP contribution is 2.27. The predicted molar refractivity (Wildman–Crippen MR) is 90.3 cm³/mol. The molecule has 110 valence electrons. The van der Waals surface area contributed by atoms with Gasteiger partial charge in [-0.3, -0.25) is 9.78 Å². The summed E-state index contributed by atoms with van der Waals surface area (Å²) in [4.78, 5) is 20.7. The number of ether oxygens (including phenoxy) is 1. The quantitative estimate of drug-likeness (QED) is 0.690. The summed E-state index contributed by atoms with van der Waals surface area (Å²) in [6.45, 7) is 0. The Labute approximate surface area is 136 Å². The zero-order valence-electron chi connectivity index (χ0n) is 11.6. The maximum absolute atomic E-state index is 11.7. The van der Waals surface area contributed by atoms with Crippen molar-refractivity contribution >= 4 is 40.3 Å². The van der Waals surface area contributed by atoms with Gasteiger partial charge in [0.05, 0.1) is 30.1 Å². The molecule has 1 aromatic carbocycles. The number of amides is 1. The van der Waals surface area contributed by atoms with E-state index in [1.165, 1.54) is 11.8 Å². The number of carbonyl (C=O) groups excluding carboxylic acids is 1. The van der Waals surface area contributed by atoms with E-state index in [1.54, 1.807) is 25.6 Å². The molecular formula is C15H11N3O2S2. The molecule has 1 aliphatic heterocycles. The van der Waals surface area contributed by atoms with Crippen molar-refractivity contribution in [1.29, 1.82) is 0 Å². The lowest BCUT2D eigenvalue weighted by Crippen LogP contribution is -2.17. The summed E-state index contributed by atoms with van der Waals surface area (Å²) in [5.41, 5.74) is 2.50. The van der Waals surface area contributed by atoms with Crippen LogP contribution in [0, 0.1) is 0 Å². The topological polar surface area (TPSA) is 64.1 Å². The number of thiocarbonyl (C=S) groups is 1. The zero-order valence-corrected chi connectivity index (χ0v) is 13.2. The maximum atomic E-state index is 11.7. The van der Waals surface area contributed by atoms with Crippen LogP contribution in [0.2, 0.25) is 0 Å². The Morgan fingerprint density at radius 1 is 1.36 bits per heavy atom. The fraction of sp³-hybridized carbons (Fsp3) is 0.0667. The Kier molecular flexibility index (Phi) is 4.17. The summed E-state index contributed by atoms with van der Waals surface area (Å²) >= 11 is 6.24. The van der Waals surface area contributed by atoms with E-state index in [4.69, 9.17) is 17.0 Å². The molecule has 1 aromatic heterocycles. The monoisotopic (exact) mass is 329 g/mol. The van der Waals surface area contributed by atoms with Crippen LogP contribution in [0.15, 0.2) is 41.6 Å². The highest BCUT2D eigenvalue weighted by atomic mass is 32.2. The second-order valence-electron chi connectivity index (χ2n) is 4.42. The van der Waals surface area contributed by atoms with Gasteiger partial charge >= 0.3 is 0 Å². The van der Waals surface area contributed by atoms with Crippen molar-refractivity contribution in [1.82, 2.24) is 15.3 Å². The van der Waals surface area contributed by atoms with Crippen molar-refractivity contribution in [3.05, 3.63) is 47.1 Å². The van der Waals surface area contributed by atoms with Crippen LogP contribution in [0.25, 0.3) is 17.3 Å². The van der Waals surface area contributed by atoms with E-state index in [9.17, 15) is 4.79 Å². The van der Waals surface area contributed by atoms with E-state index in [-0.39, 0.29) is 5.91 Å². The van der Waals surface area contributed by atoms with E-state index in [0.717, 1.165) is 11.1 Å². The van der Waals surface area contributed by atoms with Crippen LogP contribution < -0.4 is 10.1 Å². The number of thioether (sulfide) groups is 1. The molecule has 1 amide bonds. The van der Waals surface area contributed by atoms with E-state index in [2.05, 4.69) is 15.3 Å². The molecule has 1 fully saturated rings. The standard InChI is InChI=1S/C15H11N3O2S2/c1-20-13-8-16-7-11(17-13)10-4-2-3-9(5-10)6-12-14(19)18-15(21)22-12/h2-8H,1H3,(H,18,19,21). The molecule has 0 unspecified atom stereocenters. The summed E-state index contributed by atoms with van der Waals surface area (Å²) in [6, 6.07) is 7.68. The number of hydrogen-bond donors (Lipinski definition) is 1. The fourth-order valence-corrected chi connectivity index (χ4v) is 2.99. The number of methoxy groups -OCH3 is 1. The molecule has 7 heteroatoms. The van der Waals surface area contributed by atoms with Crippen LogP contribution in [-0.2, 0) is 4.79 Å². The molecule has 1 saturated heterocycles. The number of rotatable bonds is 3. The first-order valence-corrected chi connectivity index (χ1v) is 7.59. The molecule has 22 heavy (non-hydrogen) atoms. The van der Waals surface area contributed by atoms with Gasteiger partial charge in [-0.15, -0.1) is 0 Å². The molecule has 0 aliphatic carbocycles. The van der Waals surface area contributed by atoms with Crippen LogP contribution in [0.5, 0.6) is 5.88 Å². The minimum absolute atomic E-state index is 0.165. The van der Waals surface area contributed by atoms with E-state index >= 15 is 0 Å². The van der Waals surface area contributed by atoms with Crippen molar-refractivity contribution in [3.8, 4) is 17.1 Å². The number of nitrogens with one attached hydrogen (secondary N) is 1. The SMILES string of the molecule is COc1cncc(-c2cccc(C=C3SC(=S)NC3=O)c2)n1. The molecule has 0 radical (unpaired) electrons. The van der Waals surface area contributed by atoms with Gasteiger partial charge in [-0.05, 0) is 17.7 Å². The zero-order chi connectivity index (χ0) is 15.5. The van der Waals surface area contributed by atoms with Crippen LogP contribution in [0.4, 0.5) is 0 Å². The molecule has 2 heterocycles. The lowest BCUT2D eigenvalue weighted by atomic mass is 10.1. The largest absolute Gasteiger partial charge is 0.480 e. The predicted octanol–water partition coefficient (Wildman–Crippen LogP) is 2.64. The van der Waals surface area contributed by atoms with Crippen molar-refractivity contribution in [2.75, 3.05) is 7.11 Å². The lowest BCUT2D eigenvalue weighted by molar-refractivity contribution is -0.115. The van der Waals surface area contributed by atoms with Crippen molar-refractivity contribution < 1.29 is 9.53 Å². The second kappa shape index (κ2) is 6.25. The van der Waals surface area contributed by atoms with Gasteiger partial charge in [-0.2, -0.15) is 0 Å². The second-order valence-corrected chi connectivity index (χ2v) is 6.14. The summed E-state index contributed by atoms with van der Waals surface area (Å²) in [6.07, 6.45) is 5.02. The summed E-state index contributed by atoms with van der Waals surface area (Å²) in [5, 5.41) is 2.60. The van der Waals surface area contributed by atoms with Crippen LogP contribution >= 0.6 is 24.0 Å². The van der Waals surface area contributed by atoms with Gasteiger partial charge in [0.2, 0.25) is 5.88 Å². The van der Waals surface area contributed by atoms with Gasteiger partial charge in [0, 0.05) is 5.56 Å². The Bertz CT molecular complexity index is 790. The molecule has 3 rings (SSSR count). The number of hydrogen-bond acceptors (Lipinski definition) is 6. The number of aromatic nitrogens is 2. The van der Waals surface area contributed by atoms with Gasteiger partial charge in [-0.25, -0.2) is 4.98 Å². The van der Waals surface area contributed by atoms with Crippen LogP contribution in [-0.4, -0.2) is 27.3 Å². The Hall–Kier alpha value is -2.25. The molecule has 5 nitrogen and oxygen atoms in total. The normalized spacial score (nSPS) is 16.0. The third-order valence-corrected chi connectivity index (χ3v) is 4.11. The molecule has 0 saturated carbocycles. The number of benzene rings is 1. The fourth-order valence-electron chi connectivity index (χ4n) is 1.95. The Morgan fingerprint density at radius 3 is 2.95 bits per heavy atom. The van der Waals surface area contributed by atoms with Crippen molar-refractivity contribution in [2.45, 2.75) is 0 Å². The van der Waals surface area contributed by atoms with Gasteiger partial charge in [0.25, 0.3) is 5.91 Å². The number of carbonyl (C=O) groups is 1. The third-order valence-electron chi connectivity index (χ3n) is 2.94. The molecule has 0 atom stereocenters. The van der Waals surface area contributed by atoms with Crippen LogP contribution in [0.1, 0.15) is 5.56 Å². The summed E-state index contributed by atoms with van der Waals surface area (Å²) < 4.78 is 5.56. The Balaban J connectivity index is 1.94. The molecule has 1 N–H and O–H groups in total. The molecule has 0 spiro atoms. The third kappa shape index (κ3) is 3.15. The van der Waals surface area contributed by atoms with E-state index in [1.807, 2.05) is 24.3 Å². The lowest BCUT2D eigenvalue weighted by Gasteiger charge is -2.04. The van der Waals surface area contributed by atoms with Gasteiger partial charge in [-0.1, -0.05) is 42.2 Å². The van der Waals surface area contributed by atoms with Crippen LogP contribution in [0.3, 0.4) is 0 Å². The highest BCUT2D eigenvalue weighted by molar-refractivity contribution is 8.26. The summed E-state index contributed by atoms with van der Waals surface area (Å²) in [7, 11) is 1.55. The average molecular weight is 329 g/mol. The molecular weight excluding hydrogens is 318 g/mol. The first-order chi connectivity index (χ1) is 10.7. The molecule has 1 aliphatic rings.